The maximum Gasteiger partial charge on any atom is 0.258 e. The van der Waals surface area contributed by atoms with E-state index in [2.05, 4.69) is 0 Å². The lowest BCUT2D eigenvalue weighted by Gasteiger charge is -2.35. The molecule has 1 saturated heterocycles. The molecule has 2 aromatic carbocycles. The van der Waals surface area contributed by atoms with Gasteiger partial charge in [0.05, 0.1) is 0 Å². The van der Waals surface area contributed by atoms with E-state index >= 15 is 0 Å². The van der Waals surface area contributed by atoms with Gasteiger partial charge in [-0.05, 0) is 11.1 Å². The molecule has 0 radical (unpaired) electrons. The molecule has 2 atom stereocenters. The minimum Gasteiger partial charge on any atom is -0.304 e. The molecule has 106 valence electrons. The number of nitrogens with zero attached hydrogens (tertiary/aromatic N) is 1. The maximum absolute atomic E-state index is 12.6. The largest absolute Gasteiger partial charge is 0.304 e. The normalized spacial score (nSPS) is 23.8. The molecule has 0 aromatic heterocycles. The van der Waals surface area contributed by atoms with Gasteiger partial charge in [-0.2, -0.15) is 0 Å². The van der Waals surface area contributed by atoms with Crippen LogP contribution in [0, 0.1) is 0 Å². The van der Waals surface area contributed by atoms with Crippen molar-refractivity contribution < 1.29 is 14.6 Å². The Morgan fingerprint density at radius 3 is 2.62 bits per heavy atom. The predicted octanol–water partition coefficient (Wildman–Crippen LogP) is 2.60. The second-order valence-corrected chi connectivity index (χ2v) is 5.39. The molecule has 0 aliphatic carbocycles. The third kappa shape index (κ3) is 2.13. The molecular weight excluding hydrogens is 266 g/mol. The van der Waals surface area contributed by atoms with Crippen LogP contribution in [0.2, 0.25) is 0 Å². The van der Waals surface area contributed by atoms with Crippen LogP contribution in [0.3, 0.4) is 0 Å². The second-order valence-electron chi connectivity index (χ2n) is 5.39. The first-order valence-corrected chi connectivity index (χ1v) is 7.07. The molecule has 0 N–H and O–H groups in total. The Bertz CT molecular complexity index is 671. The summed E-state index contributed by atoms with van der Waals surface area (Å²) < 4.78 is 0. The van der Waals surface area contributed by atoms with Gasteiger partial charge in [0, 0.05) is 18.5 Å². The van der Waals surface area contributed by atoms with E-state index in [0.717, 1.165) is 16.7 Å². The van der Waals surface area contributed by atoms with Gasteiger partial charge in [-0.3, -0.25) is 4.79 Å². The SMILES string of the molecule is O=C1C2Cc3ccccc3C(OO2)N1Cc1ccccc1. The van der Waals surface area contributed by atoms with Crippen LogP contribution < -0.4 is 0 Å². The average molecular weight is 281 g/mol. The number of rotatable bonds is 2. The van der Waals surface area contributed by atoms with Crippen LogP contribution in [0.5, 0.6) is 0 Å². The number of carbonyl (C=O) groups is 1. The van der Waals surface area contributed by atoms with Crippen LogP contribution in [0.4, 0.5) is 0 Å². The molecule has 0 spiro atoms. The molecule has 4 heteroatoms. The fourth-order valence-corrected chi connectivity index (χ4v) is 2.96. The van der Waals surface area contributed by atoms with Crippen LogP contribution in [0.25, 0.3) is 0 Å². The Morgan fingerprint density at radius 1 is 1.00 bits per heavy atom. The summed E-state index contributed by atoms with van der Waals surface area (Å²) in [6.07, 6.45) is -0.446. The van der Waals surface area contributed by atoms with Gasteiger partial charge in [0.2, 0.25) is 0 Å². The van der Waals surface area contributed by atoms with Crippen LogP contribution in [0.15, 0.2) is 54.6 Å². The van der Waals surface area contributed by atoms with Crippen molar-refractivity contribution in [2.75, 3.05) is 0 Å². The number of carbonyl (C=O) groups excluding carboxylic acids is 1. The van der Waals surface area contributed by atoms with E-state index in [1.807, 2.05) is 54.6 Å². The Hall–Kier alpha value is -2.17. The quantitative estimate of drug-likeness (QED) is 0.794. The van der Waals surface area contributed by atoms with Crippen molar-refractivity contribution in [3.8, 4) is 0 Å². The van der Waals surface area contributed by atoms with E-state index < -0.39 is 12.3 Å². The molecular formula is C17H15NO3. The van der Waals surface area contributed by atoms with Gasteiger partial charge in [-0.15, -0.1) is 0 Å². The lowest BCUT2D eigenvalue weighted by atomic mass is 10.0. The maximum atomic E-state index is 12.6. The highest BCUT2D eigenvalue weighted by Crippen LogP contribution is 2.37. The molecule has 4 nitrogen and oxygen atoms in total. The summed E-state index contributed by atoms with van der Waals surface area (Å²) in [6.45, 7) is 0.526. The number of amides is 1. The topological polar surface area (TPSA) is 38.8 Å². The first-order chi connectivity index (χ1) is 10.3. The third-order valence-electron chi connectivity index (χ3n) is 4.03. The van der Waals surface area contributed by atoms with Crippen LogP contribution >= 0.6 is 0 Å². The summed E-state index contributed by atoms with van der Waals surface area (Å²) >= 11 is 0. The fraction of sp³-hybridized carbons (Fsp3) is 0.235. The molecule has 2 aromatic rings. The Balaban J connectivity index is 1.73. The van der Waals surface area contributed by atoms with Gasteiger partial charge in [0.25, 0.3) is 5.91 Å². The minimum absolute atomic E-state index is 0.00805. The minimum atomic E-state index is -0.548. The molecule has 3 aliphatic heterocycles. The summed E-state index contributed by atoms with van der Waals surface area (Å²) in [4.78, 5) is 25.1. The number of hydrogen-bond acceptors (Lipinski definition) is 3. The molecule has 1 fully saturated rings. The predicted molar refractivity (Wildman–Crippen MR) is 75.8 cm³/mol. The zero-order valence-corrected chi connectivity index (χ0v) is 11.4. The van der Waals surface area contributed by atoms with E-state index in [1.165, 1.54) is 0 Å². The zero-order chi connectivity index (χ0) is 14.2. The molecule has 1 amide bonds. The van der Waals surface area contributed by atoms with Crippen molar-refractivity contribution in [1.82, 2.24) is 4.90 Å². The van der Waals surface area contributed by atoms with E-state index in [1.54, 1.807) is 4.90 Å². The Morgan fingerprint density at radius 2 is 1.76 bits per heavy atom. The summed E-state index contributed by atoms with van der Waals surface area (Å²) in [7, 11) is 0. The van der Waals surface area contributed by atoms with Gasteiger partial charge in [0.15, 0.2) is 12.3 Å². The Kier molecular flexibility index (Phi) is 2.98. The van der Waals surface area contributed by atoms with Crippen molar-refractivity contribution in [2.24, 2.45) is 0 Å². The summed E-state index contributed by atoms with van der Waals surface area (Å²) in [5.74, 6) is -0.00805. The molecule has 2 unspecified atom stereocenters. The van der Waals surface area contributed by atoms with Crippen molar-refractivity contribution in [1.29, 1.82) is 0 Å². The molecule has 3 aliphatic rings. The summed E-state index contributed by atoms with van der Waals surface area (Å²) in [5, 5.41) is 0. The highest BCUT2D eigenvalue weighted by Gasteiger charge is 2.43. The lowest BCUT2D eigenvalue weighted by molar-refractivity contribution is -0.388. The monoisotopic (exact) mass is 281 g/mol. The van der Waals surface area contributed by atoms with Gasteiger partial charge >= 0.3 is 0 Å². The van der Waals surface area contributed by atoms with Crippen molar-refractivity contribution in [2.45, 2.75) is 25.3 Å². The molecule has 3 heterocycles. The average Bonchev–Trinajstić information content (AvgIpc) is 2.77. The standard InChI is InChI=1S/C17H15NO3/c19-16-15-10-13-8-4-5-9-14(13)17(21-20-15)18(16)11-12-6-2-1-3-7-12/h1-9,15,17H,10-11H2. The lowest BCUT2D eigenvalue weighted by Crippen LogP contribution is -2.46. The van der Waals surface area contributed by atoms with Crippen LogP contribution in [0.1, 0.15) is 22.9 Å². The highest BCUT2D eigenvalue weighted by atomic mass is 17.2. The number of benzene rings is 2. The number of fused-ring (bicyclic) bond motifs is 2. The molecule has 0 saturated carbocycles. The van der Waals surface area contributed by atoms with Gasteiger partial charge < -0.3 is 4.90 Å². The third-order valence-corrected chi connectivity index (χ3v) is 4.03. The van der Waals surface area contributed by atoms with E-state index in [9.17, 15) is 4.79 Å². The first kappa shape index (κ1) is 12.6. The van der Waals surface area contributed by atoms with Gasteiger partial charge in [-0.25, -0.2) is 9.78 Å². The van der Waals surface area contributed by atoms with Crippen molar-refractivity contribution in [3.63, 3.8) is 0 Å². The molecule has 21 heavy (non-hydrogen) atoms. The summed E-state index contributed by atoms with van der Waals surface area (Å²) in [5.41, 5.74) is 3.22. The van der Waals surface area contributed by atoms with E-state index in [-0.39, 0.29) is 5.91 Å². The van der Waals surface area contributed by atoms with E-state index in [0.29, 0.717) is 13.0 Å². The van der Waals surface area contributed by atoms with Gasteiger partial charge in [0.1, 0.15) is 0 Å². The van der Waals surface area contributed by atoms with Crippen LogP contribution in [-0.2, 0) is 27.5 Å². The highest BCUT2D eigenvalue weighted by molar-refractivity contribution is 5.83. The second kappa shape index (κ2) is 4.98. The molecule has 2 bridgehead atoms. The Labute approximate surface area is 122 Å². The molecule has 5 rings (SSSR count). The van der Waals surface area contributed by atoms with Crippen molar-refractivity contribution >= 4 is 5.91 Å². The van der Waals surface area contributed by atoms with Crippen LogP contribution in [-0.4, -0.2) is 16.9 Å². The zero-order valence-electron chi connectivity index (χ0n) is 11.4. The van der Waals surface area contributed by atoms with Gasteiger partial charge in [-0.1, -0.05) is 54.6 Å². The number of hydrogen-bond donors (Lipinski definition) is 0. The summed E-state index contributed by atoms with van der Waals surface area (Å²) in [6, 6.07) is 17.9. The fourth-order valence-electron chi connectivity index (χ4n) is 2.96. The van der Waals surface area contributed by atoms with E-state index in [4.69, 9.17) is 9.78 Å². The smallest absolute Gasteiger partial charge is 0.258 e. The van der Waals surface area contributed by atoms with Crippen molar-refractivity contribution in [3.05, 3.63) is 71.3 Å². The first-order valence-electron chi connectivity index (χ1n) is 7.07.